The fourth-order valence-corrected chi connectivity index (χ4v) is 2.13. The molecule has 8 nitrogen and oxygen atoms in total. The molecule has 2 aromatic heterocycles. The van der Waals surface area contributed by atoms with E-state index in [9.17, 15) is 9.59 Å². The average molecular weight is 320 g/mol. The van der Waals surface area contributed by atoms with Crippen LogP contribution in [0.3, 0.4) is 0 Å². The van der Waals surface area contributed by atoms with Crippen LogP contribution in [0.4, 0.5) is 5.82 Å². The maximum Gasteiger partial charge on any atom is 0.344 e. The molecule has 23 heavy (non-hydrogen) atoms. The molecule has 0 unspecified atom stereocenters. The Bertz CT molecular complexity index is 702. The zero-order valence-corrected chi connectivity index (χ0v) is 13.6. The second-order valence-corrected chi connectivity index (χ2v) is 5.29. The average Bonchev–Trinajstić information content (AvgIpc) is 3.11. The lowest BCUT2D eigenvalue weighted by Gasteiger charge is -2.11. The van der Waals surface area contributed by atoms with E-state index >= 15 is 0 Å². The van der Waals surface area contributed by atoms with Crippen molar-refractivity contribution in [3.05, 3.63) is 29.3 Å². The SMILES string of the molecule is CCc1noc(C)c1C(=O)OCC(=O)Nc1ccnn1C(C)C. The van der Waals surface area contributed by atoms with Crippen molar-refractivity contribution in [1.29, 1.82) is 0 Å². The van der Waals surface area contributed by atoms with Crippen molar-refractivity contribution in [2.24, 2.45) is 0 Å². The topological polar surface area (TPSA) is 99.2 Å². The van der Waals surface area contributed by atoms with Crippen LogP contribution in [0.5, 0.6) is 0 Å². The predicted octanol–water partition coefficient (Wildman–Crippen LogP) is 2.12. The van der Waals surface area contributed by atoms with Gasteiger partial charge in [0.25, 0.3) is 5.91 Å². The van der Waals surface area contributed by atoms with Crippen molar-refractivity contribution >= 4 is 17.7 Å². The maximum absolute atomic E-state index is 12.1. The summed E-state index contributed by atoms with van der Waals surface area (Å²) in [7, 11) is 0. The lowest BCUT2D eigenvalue weighted by atomic mass is 10.1. The molecule has 2 heterocycles. The van der Waals surface area contributed by atoms with Gasteiger partial charge in [-0.2, -0.15) is 5.10 Å². The fourth-order valence-electron chi connectivity index (χ4n) is 2.13. The van der Waals surface area contributed by atoms with Crippen molar-refractivity contribution in [2.45, 2.75) is 40.2 Å². The van der Waals surface area contributed by atoms with Gasteiger partial charge in [-0.05, 0) is 27.2 Å². The van der Waals surface area contributed by atoms with Crippen LogP contribution >= 0.6 is 0 Å². The molecule has 0 aliphatic carbocycles. The first-order chi connectivity index (χ1) is 10.9. The Labute approximate surface area is 133 Å². The van der Waals surface area contributed by atoms with Crippen LogP contribution in [0.15, 0.2) is 16.8 Å². The van der Waals surface area contributed by atoms with Gasteiger partial charge in [0.1, 0.15) is 17.1 Å². The number of carbonyl (C=O) groups excluding carboxylic acids is 2. The summed E-state index contributed by atoms with van der Waals surface area (Å²) in [5.74, 6) is -0.123. The summed E-state index contributed by atoms with van der Waals surface area (Å²) >= 11 is 0. The van der Waals surface area contributed by atoms with Crippen LogP contribution in [0.2, 0.25) is 0 Å². The smallest absolute Gasteiger partial charge is 0.344 e. The largest absolute Gasteiger partial charge is 0.452 e. The van der Waals surface area contributed by atoms with E-state index in [4.69, 9.17) is 9.26 Å². The van der Waals surface area contributed by atoms with Gasteiger partial charge in [-0.3, -0.25) is 4.79 Å². The molecule has 0 atom stereocenters. The third-order valence-electron chi connectivity index (χ3n) is 3.23. The van der Waals surface area contributed by atoms with Crippen molar-refractivity contribution in [2.75, 3.05) is 11.9 Å². The Kier molecular flexibility index (Phi) is 5.15. The minimum atomic E-state index is -0.617. The van der Waals surface area contributed by atoms with Crippen LogP contribution in [-0.4, -0.2) is 33.4 Å². The van der Waals surface area contributed by atoms with Gasteiger partial charge in [0.15, 0.2) is 6.61 Å². The van der Waals surface area contributed by atoms with Gasteiger partial charge < -0.3 is 14.6 Å². The molecule has 0 bridgehead atoms. The number of nitrogens with one attached hydrogen (secondary N) is 1. The molecule has 0 aliphatic rings. The van der Waals surface area contributed by atoms with E-state index in [2.05, 4.69) is 15.6 Å². The fraction of sp³-hybridized carbons (Fsp3) is 0.467. The monoisotopic (exact) mass is 320 g/mol. The molecule has 0 aromatic carbocycles. The standard InChI is InChI=1S/C15H20N4O4/c1-5-11-14(10(4)23-18-11)15(21)22-8-13(20)17-12-6-7-16-19(12)9(2)3/h6-7,9H,5,8H2,1-4H3,(H,17,20). The molecule has 0 spiro atoms. The second kappa shape index (κ2) is 7.08. The Morgan fingerprint density at radius 1 is 1.43 bits per heavy atom. The van der Waals surface area contributed by atoms with Crippen molar-refractivity contribution in [3.63, 3.8) is 0 Å². The van der Waals surface area contributed by atoms with Crippen LogP contribution in [0.25, 0.3) is 0 Å². The van der Waals surface area contributed by atoms with E-state index in [-0.39, 0.29) is 11.6 Å². The van der Waals surface area contributed by atoms with Gasteiger partial charge >= 0.3 is 5.97 Å². The van der Waals surface area contributed by atoms with Crippen molar-refractivity contribution in [3.8, 4) is 0 Å². The number of anilines is 1. The Morgan fingerprint density at radius 2 is 2.17 bits per heavy atom. The molecule has 0 saturated carbocycles. The van der Waals surface area contributed by atoms with E-state index in [1.54, 1.807) is 23.9 Å². The van der Waals surface area contributed by atoms with Gasteiger partial charge in [0.05, 0.1) is 11.9 Å². The number of esters is 1. The molecule has 0 fully saturated rings. The number of aromatic nitrogens is 3. The number of hydrogen-bond donors (Lipinski definition) is 1. The first-order valence-corrected chi connectivity index (χ1v) is 7.39. The normalized spacial score (nSPS) is 10.8. The summed E-state index contributed by atoms with van der Waals surface area (Å²) in [6.45, 7) is 6.99. The van der Waals surface area contributed by atoms with Gasteiger partial charge in [0.2, 0.25) is 0 Å². The molecule has 0 aliphatic heterocycles. The Hall–Kier alpha value is -2.64. The maximum atomic E-state index is 12.1. The second-order valence-electron chi connectivity index (χ2n) is 5.29. The Balaban J connectivity index is 1.95. The first kappa shape index (κ1) is 16.7. The van der Waals surface area contributed by atoms with Gasteiger partial charge in [-0.1, -0.05) is 12.1 Å². The zero-order chi connectivity index (χ0) is 17.0. The molecule has 124 valence electrons. The summed E-state index contributed by atoms with van der Waals surface area (Å²) in [6, 6.07) is 1.79. The number of rotatable bonds is 6. The van der Waals surface area contributed by atoms with Crippen LogP contribution in [-0.2, 0) is 16.0 Å². The molecule has 1 amide bonds. The van der Waals surface area contributed by atoms with E-state index in [0.29, 0.717) is 23.7 Å². The third kappa shape index (κ3) is 3.77. The predicted molar refractivity (Wildman–Crippen MR) is 82.1 cm³/mol. The molecule has 2 rings (SSSR count). The van der Waals surface area contributed by atoms with Crippen molar-refractivity contribution < 1.29 is 18.8 Å². The first-order valence-electron chi connectivity index (χ1n) is 7.39. The van der Waals surface area contributed by atoms with E-state index in [0.717, 1.165) is 0 Å². The van der Waals surface area contributed by atoms with E-state index in [1.165, 1.54) is 0 Å². The molecular formula is C15H20N4O4. The Morgan fingerprint density at radius 3 is 2.83 bits per heavy atom. The number of aryl methyl sites for hydroxylation is 2. The summed E-state index contributed by atoms with van der Waals surface area (Å²) in [5, 5.41) is 10.6. The summed E-state index contributed by atoms with van der Waals surface area (Å²) in [6.07, 6.45) is 2.14. The molecule has 1 N–H and O–H groups in total. The highest BCUT2D eigenvalue weighted by Crippen LogP contribution is 2.16. The lowest BCUT2D eigenvalue weighted by molar-refractivity contribution is -0.119. The number of hydrogen-bond acceptors (Lipinski definition) is 6. The van der Waals surface area contributed by atoms with E-state index in [1.807, 2.05) is 20.8 Å². The highest BCUT2D eigenvalue weighted by Gasteiger charge is 2.21. The van der Waals surface area contributed by atoms with E-state index < -0.39 is 18.5 Å². The van der Waals surface area contributed by atoms with Crippen LogP contribution < -0.4 is 5.32 Å². The summed E-state index contributed by atoms with van der Waals surface area (Å²) in [5.41, 5.74) is 0.804. The third-order valence-corrected chi connectivity index (χ3v) is 3.23. The number of nitrogens with zero attached hydrogens (tertiary/aromatic N) is 3. The molecular weight excluding hydrogens is 300 g/mol. The van der Waals surface area contributed by atoms with Gasteiger partial charge in [0, 0.05) is 12.1 Å². The molecule has 0 radical (unpaired) electrons. The summed E-state index contributed by atoms with van der Waals surface area (Å²) < 4.78 is 11.7. The lowest BCUT2D eigenvalue weighted by Crippen LogP contribution is -2.23. The number of carbonyl (C=O) groups is 2. The minimum Gasteiger partial charge on any atom is -0.452 e. The summed E-state index contributed by atoms with van der Waals surface area (Å²) in [4.78, 5) is 24.0. The highest BCUT2D eigenvalue weighted by atomic mass is 16.5. The van der Waals surface area contributed by atoms with Gasteiger partial charge in [-0.15, -0.1) is 0 Å². The van der Waals surface area contributed by atoms with Crippen LogP contribution in [0, 0.1) is 6.92 Å². The molecule has 0 saturated heterocycles. The quantitative estimate of drug-likeness (QED) is 0.818. The number of ether oxygens (including phenoxy) is 1. The van der Waals surface area contributed by atoms with Gasteiger partial charge in [-0.25, -0.2) is 9.48 Å². The molecule has 8 heteroatoms. The minimum absolute atomic E-state index is 0.106. The highest BCUT2D eigenvalue weighted by molar-refractivity contribution is 5.96. The molecule has 2 aromatic rings. The van der Waals surface area contributed by atoms with Crippen molar-refractivity contribution in [1.82, 2.24) is 14.9 Å². The van der Waals surface area contributed by atoms with Crippen LogP contribution in [0.1, 0.15) is 48.6 Å². The number of amides is 1. The zero-order valence-electron chi connectivity index (χ0n) is 13.6.